The van der Waals surface area contributed by atoms with E-state index >= 15 is 0 Å². The lowest BCUT2D eigenvalue weighted by atomic mass is 9.78. The Bertz CT molecular complexity index is 713. The molecule has 0 atom stereocenters. The molecule has 1 saturated carbocycles. The van der Waals surface area contributed by atoms with Gasteiger partial charge in [0.25, 0.3) is 5.69 Å². The molecule has 0 amide bonds. The minimum Gasteiger partial charge on any atom is -0.480 e. The molecule has 0 spiro atoms. The van der Waals surface area contributed by atoms with E-state index in [1.807, 2.05) is 4.72 Å². The monoisotopic (exact) mass is 318 g/mol. The number of non-ortho nitro benzene ring substituents is 1. The van der Waals surface area contributed by atoms with Gasteiger partial charge in [-0.2, -0.15) is 4.72 Å². The number of rotatable bonds is 5. The van der Waals surface area contributed by atoms with Gasteiger partial charge in [-0.25, -0.2) is 12.8 Å². The molecule has 1 aromatic carbocycles. The summed E-state index contributed by atoms with van der Waals surface area (Å²) in [7, 11) is -4.52. The van der Waals surface area contributed by atoms with Crippen LogP contribution in [0.3, 0.4) is 0 Å². The molecule has 1 aliphatic carbocycles. The van der Waals surface area contributed by atoms with Crippen molar-refractivity contribution in [2.24, 2.45) is 0 Å². The Morgan fingerprint density at radius 3 is 2.48 bits per heavy atom. The SMILES string of the molecule is O=C(O)C1(NS(=O)(=O)c2cc([N+](=O)[O-])ccc2F)CCC1. The maximum Gasteiger partial charge on any atom is 0.324 e. The van der Waals surface area contributed by atoms with Gasteiger partial charge in [0.15, 0.2) is 0 Å². The lowest BCUT2D eigenvalue weighted by Gasteiger charge is -2.37. The van der Waals surface area contributed by atoms with Crippen molar-refractivity contribution < 1.29 is 27.6 Å². The van der Waals surface area contributed by atoms with Crippen molar-refractivity contribution >= 4 is 21.7 Å². The fourth-order valence-corrected chi connectivity index (χ4v) is 3.53. The Morgan fingerprint density at radius 1 is 1.43 bits per heavy atom. The van der Waals surface area contributed by atoms with E-state index in [0.717, 1.165) is 6.07 Å². The molecule has 0 unspecified atom stereocenters. The predicted molar refractivity (Wildman–Crippen MR) is 67.6 cm³/mol. The van der Waals surface area contributed by atoms with Crippen LogP contribution in [0.5, 0.6) is 0 Å². The number of aliphatic carboxylic acids is 1. The highest BCUT2D eigenvalue weighted by Gasteiger charge is 2.48. The van der Waals surface area contributed by atoms with E-state index in [2.05, 4.69) is 0 Å². The molecular weight excluding hydrogens is 307 g/mol. The molecule has 21 heavy (non-hydrogen) atoms. The van der Waals surface area contributed by atoms with Crippen LogP contribution in [0.25, 0.3) is 0 Å². The number of nitrogens with one attached hydrogen (secondary N) is 1. The summed E-state index contributed by atoms with van der Waals surface area (Å²) in [6, 6.07) is 2.04. The summed E-state index contributed by atoms with van der Waals surface area (Å²) in [5.41, 5.74) is -2.27. The second-order valence-electron chi connectivity index (χ2n) is 4.72. The van der Waals surface area contributed by atoms with Crippen molar-refractivity contribution in [2.45, 2.75) is 29.7 Å². The molecule has 8 nitrogen and oxygen atoms in total. The average Bonchev–Trinajstić information content (AvgIpc) is 2.33. The van der Waals surface area contributed by atoms with E-state index < -0.39 is 42.9 Å². The van der Waals surface area contributed by atoms with Gasteiger partial charge < -0.3 is 5.11 Å². The third-order valence-electron chi connectivity index (χ3n) is 3.36. The van der Waals surface area contributed by atoms with Gasteiger partial charge in [0, 0.05) is 12.1 Å². The fraction of sp³-hybridized carbons (Fsp3) is 0.364. The van der Waals surface area contributed by atoms with Gasteiger partial charge in [-0.15, -0.1) is 0 Å². The summed E-state index contributed by atoms with van der Waals surface area (Å²) in [5, 5.41) is 19.7. The van der Waals surface area contributed by atoms with Crippen LogP contribution in [0.4, 0.5) is 10.1 Å². The highest BCUT2D eigenvalue weighted by Crippen LogP contribution is 2.34. The molecule has 0 heterocycles. The van der Waals surface area contributed by atoms with Crippen LogP contribution in [0.1, 0.15) is 19.3 Å². The molecule has 1 aliphatic rings. The first kappa shape index (κ1) is 15.3. The lowest BCUT2D eigenvalue weighted by molar-refractivity contribution is -0.385. The first-order valence-electron chi connectivity index (χ1n) is 5.89. The molecule has 114 valence electrons. The Hall–Kier alpha value is -2.07. The van der Waals surface area contributed by atoms with Crippen molar-refractivity contribution in [3.8, 4) is 0 Å². The molecule has 0 saturated heterocycles. The number of halogens is 1. The van der Waals surface area contributed by atoms with E-state index in [1.165, 1.54) is 0 Å². The molecule has 0 aromatic heterocycles. The maximum absolute atomic E-state index is 13.6. The third kappa shape index (κ3) is 2.72. The van der Waals surface area contributed by atoms with Gasteiger partial charge >= 0.3 is 5.97 Å². The second-order valence-corrected chi connectivity index (χ2v) is 6.37. The normalized spacial score (nSPS) is 17.0. The summed E-state index contributed by atoms with van der Waals surface area (Å²) in [5.74, 6) is -2.55. The summed E-state index contributed by atoms with van der Waals surface area (Å²) in [4.78, 5) is 20.0. The number of hydrogen-bond acceptors (Lipinski definition) is 5. The number of nitro benzene ring substituents is 1. The zero-order valence-electron chi connectivity index (χ0n) is 10.6. The minimum absolute atomic E-state index is 0.0815. The van der Waals surface area contributed by atoms with Crippen LogP contribution in [0.15, 0.2) is 23.1 Å². The predicted octanol–water partition coefficient (Wildman–Crippen LogP) is 1.02. The summed E-state index contributed by atoms with van der Waals surface area (Å²) >= 11 is 0. The Morgan fingerprint density at radius 2 is 2.05 bits per heavy atom. The van der Waals surface area contributed by atoms with Gasteiger partial charge in [0.05, 0.1) is 4.92 Å². The Balaban J connectivity index is 2.42. The molecule has 10 heteroatoms. The van der Waals surface area contributed by atoms with Crippen molar-refractivity contribution in [1.82, 2.24) is 4.72 Å². The largest absolute Gasteiger partial charge is 0.480 e. The van der Waals surface area contributed by atoms with Gasteiger partial charge in [-0.05, 0) is 25.3 Å². The number of carboxylic acids is 1. The molecular formula is C11H11FN2O6S. The Labute approximate surface area is 118 Å². The summed E-state index contributed by atoms with van der Waals surface area (Å²) in [6.45, 7) is 0. The maximum atomic E-state index is 13.6. The van der Waals surface area contributed by atoms with Gasteiger partial charge in [0.1, 0.15) is 16.3 Å². The van der Waals surface area contributed by atoms with Gasteiger partial charge in [-0.3, -0.25) is 14.9 Å². The van der Waals surface area contributed by atoms with Gasteiger partial charge in [-0.1, -0.05) is 0 Å². The highest BCUT2D eigenvalue weighted by molar-refractivity contribution is 7.89. The van der Waals surface area contributed by atoms with Crippen molar-refractivity contribution in [1.29, 1.82) is 0 Å². The van der Waals surface area contributed by atoms with E-state index in [0.29, 0.717) is 18.6 Å². The molecule has 0 radical (unpaired) electrons. The fourth-order valence-electron chi connectivity index (χ4n) is 2.01. The molecule has 2 N–H and O–H groups in total. The van der Waals surface area contributed by atoms with E-state index in [1.54, 1.807) is 0 Å². The number of nitro groups is 1. The topological polar surface area (TPSA) is 127 Å². The molecule has 1 aromatic rings. The molecule has 0 bridgehead atoms. The third-order valence-corrected chi connectivity index (χ3v) is 4.91. The summed E-state index contributed by atoms with van der Waals surface area (Å²) in [6.07, 6.45) is 0.683. The van der Waals surface area contributed by atoms with Crippen LogP contribution < -0.4 is 4.72 Å². The quantitative estimate of drug-likeness (QED) is 0.616. The number of sulfonamides is 1. The number of nitrogens with zero attached hydrogens (tertiary/aromatic N) is 1. The van der Waals surface area contributed by atoms with Crippen LogP contribution in [0, 0.1) is 15.9 Å². The zero-order valence-corrected chi connectivity index (χ0v) is 11.4. The van der Waals surface area contributed by atoms with Crippen LogP contribution in [0.2, 0.25) is 0 Å². The number of carbonyl (C=O) groups is 1. The number of carboxylic acid groups (broad SMARTS) is 1. The average molecular weight is 318 g/mol. The number of hydrogen-bond donors (Lipinski definition) is 2. The van der Waals surface area contributed by atoms with Crippen molar-refractivity contribution in [2.75, 3.05) is 0 Å². The van der Waals surface area contributed by atoms with Gasteiger partial charge in [0.2, 0.25) is 10.0 Å². The minimum atomic E-state index is -4.52. The van der Waals surface area contributed by atoms with Crippen molar-refractivity contribution in [3.05, 3.63) is 34.1 Å². The lowest BCUT2D eigenvalue weighted by Crippen LogP contribution is -2.59. The smallest absolute Gasteiger partial charge is 0.324 e. The van der Waals surface area contributed by atoms with E-state index in [4.69, 9.17) is 5.11 Å². The van der Waals surface area contributed by atoms with Crippen molar-refractivity contribution in [3.63, 3.8) is 0 Å². The highest BCUT2D eigenvalue weighted by atomic mass is 32.2. The van der Waals surface area contributed by atoms with Crippen LogP contribution in [-0.2, 0) is 14.8 Å². The van der Waals surface area contributed by atoms with Crippen LogP contribution >= 0.6 is 0 Å². The zero-order chi connectivity index (χ0) is 15.8. The molecule has 2 rings (SSSR count). The number of benzene rings is 1. The van der Waals surface area contributed by atoms with E-state index in [-0.39, 0.29) is 12.8 Å². The molecule has 1 fully saturated rings. The van der Waals surface area contributed by atoms with Crippen LogP contribution in [-0.4, -0.2) is 30.0 Å². The first-order chi connectivity index (χ1) is 9.68. The van der Waals surface area contributed by atoms with E-state index in [9.17, 15) is 27.7 Å². The second kappa shape index (κ2) is 5.04. The summed E-state index contributed by atoms with van der Waals surface area (Å²) < 4.78 is 39.8. The Kier molecular flexibility index (Phi) is 3.68. The first-order valence-corrected chi connectivity index (χ1v) is 7.38. The standard InChI is InChI=1S/C11H11FN2O6S/c12-8-3-2-7(14(17)18)6-9(8)21(19,20)13-11(10(15)16)4-1-5-11/h2-3,6,13H,1,4-5H2,(H,15,16). The molecule has 0 aliphatic heterocycles.